The van der Waals surface area contributed by atoms with Gasteiger partial charge in [0.1, 0.15) is 16.6 Å². The molecule has 0 atom stereocenters. The predicted octanol–water partition coefficient (Wildman–Crippen LogP) is 9.24. The zero-order valence-corrected chi connectivity index (χ0v) is 45.8. The molecule has 0 aliphatic heterocycles. The van der Waals surface area contributed by atoms with E-state index in [1.54, 1.807) is 42.5 Å². The standard InChI is InChI=1S/C45H29N6O16S4.CH4O3S.Y/c1-22-46-21-47-45(48-22)50-30-18-29(34(69-66-63-56)20-36(30)71(58,59)60)49-31-19-33(61-32-15-14-24(17-35(32)70-67-64-57)23-8-3-2-4-9-23)41-39-37(27-12-5-6-13-28(27)43(53)38(31)39)40(44(54)51-41)42(52)25-10-7-11-26(16-25)68-65-62-55;1-5(2,3)4;/h2-20,49,55-57H,1H3,(H,51,54)(H,58,59,60)(H,46,47,48,50);1H3,(H,2,3,4);/q-1;;. The summed E-state index contributed by atoms with van der Waals surface area (Å²) < 4.78 is 82.8. The average molecular weight is 1220 g/mol. The molecule has 1 aliphatic rings. The molecule has 8 aromatic rings. The number of carbonyl (C=O) groups is 2. The number of aromatic amines is 1. The molecule has 2 heterocycles. The normalized spacial score (nSPS) is 11.8. The van der Waals surface area contributed by atoms with Gasteiger partial charge in [-0.1, -0.05) is 94.8 Å². The quantitative estimate of drug-likeness (QED) is 0.00933. The molecule has 77 heavy (non-hydrogen) atoms. The number of fused-ring (bicyclic) bond motifs is 2. The minimum Gasteiger partial charge on any atom is -0.454 e. The van der Waals surface area contributed by atoms with Crippen molar-refractivity contribution in [2.24, 2.45) is 0 Å². The number of H-pyrrole nitrogens is 1. The molecular weight excluding hydrogens is 1190 g/mol. The fourth-order valence-electron chi connectivity index (χ4n) is 7.67. The van der Waals surface area contributed by atoms with E-state index in [1.807, 2.05) is 30.3 Å². The van der Waals surface area contributed by atoms with E-state index >= 15 is 4.79 Å². The van der Waals surface area contributed by atoms with Gasteiger partial charge in [0.2, 0.25) is 0 Å². The molecule has 395 valence electrons. The van der Waals surface area contributed by atoms with Crippen LogP contribution in [0.2, 0.25) is 0 Å². The molecule has 0 fully saturated rings. The van der Waals surface area contributed by atoms with Gasteiger partial charge >= 0.3 is 0 Å². The second kappa shape index (κ2) is 25.6. The Morgan fingerprint density at radius 3 is 2.01 bits per heavy atom. The second-order valence-corrected chi connectivity index (χ2v) is 20.5. The van der Waals surface area contributed by atoms with Crippen LogP contribution < -0.4 is 20.9 Å². The molecule has 0 saturated carbocycles. The molecule has 6 aromatic carbocycles. The van der Waals surface area contributed by atoms with Crippen molar-refractivity contribution in [3.63, 3.8) is 0 Å². The van der Waals surface area contributed by atoms with Crippen molar-refractivity contribution in [2.45, 2.75) is 26.5 Å². The molecule has 1 radical (unpaired) electrons. The van der Waals surface area contributed by atoms with E-state index < -0.39 is 47.8 Å². The molecule has 1 aliphatic carbocycles. The summed E-state index contributed by atoms with van der Waals surface area (Å²) in [7, 11) is -8.71. The van der Waals surface area contributed by atoms with Crippen LogP contribution in [0.25, 0.3) is 33.2 Å². The minimum atomic E-state index is -5.05. The number of nitrogens with one attached hydrogen (secondary N) is 3. The van der Waals surface area contributed by atoms with E-state index in [2.05, 4.69) is 56.3 Å². The fraction of sp³-hybridized carbons (Fsp3) is 0.0435. The zero-order chi connectivity index (χ0) is 54.3. The Balaban J connectivity index is 0.00000137. The smallest absolute Gasteiger partial charge is 0.296 e. The zero-order valence-electron chi connectivity index (χ0n) is 38.9. The molecule has 0 unspecified atom stereocenters. The van der Waals surface area contributed by atoms with Gasteiger partial charge in [-0.25, -0.2) is 15.8 Å². The molecule has 0 spiro atoms. The average Bonchev–Trinajstić information content (AvgIpc) is 3.43. The summed E-state index contributed by atoms with van der Waals surface area (Å²) in [6.07, 6.45) is 3.09. The molecule has 9 rings (SSSR count). The monoisotopic (exact) mass is 1220 g/mol. The Morgan fingerprint density at radius 2 is 1.34 bits per heavy atom. The minimum absolute atomic E-state index is 0. The number of ketones is 2. The van der Waals surface area contributed by atoms with E-state index in [-0.39, 0.29) is 122 Å². The van der Waals surface area contributed by atoms with Crippen molar-refractivity contribution in [1.82, 2.24) is 19.9 Å². The summed E-state index contributed by atoms with van der Waals surface area (Å²) in [6, 6.07) is 29.9. The van der Waals surface area contributed by atoms with Crippen LogP contribution in [0.5, 0.6) is 11.5 Å². The number of anilines is 4. The first-order valence-electron chi connectivity index (χ1n) is 20.9. The van der Waals surface area contributed by atoms with Crippen LogP contribution in [0.1, 0.15) is 37.7 Å². The molecule has 0 amide bonds. The molecule has 8 N–H and O–H groups in total. The van der Waals surface area contributed by atoms with E-state index in [0.717, 1.165) is 11.6 Å². The summed E-state index contributed by atoms with van der Waals surface area (Å²) >= 11 is 1.44. The second-order valence-electron chi connectivity index (χ2n) is 15.4. The molecular formula is C46H33N6O19S5Y-. The number of ether oxygens (including phenoxy) is 1. The van der Waals surface area contributed by atoms with Crippen LogP contribution in [0, 0.1) is 13.3 Å². The Bertz CT molecular complexity index is 3840. The van der Waals surface area contributed by atoms with Crippen molar-refractivity contribution in [3.8, 4) is 33.8 Å². The topological polar surface area (TPSA) is 364 Å². The first-order chi connectivity index (χ1) is 36.4. The number of aromatic nitrogens is 4. The van der Waals surface area contributed by atoms with E-state index in [0.29, 0.717) is 52.8 Å². The summed E-state index contributed by atoms with van der Waals surface area (Å²) in [6.45, 7) is 1.53. The largest absolute Gasteiger partial charge is 0.454 e. The molecule has 0 bridgehead atoms. The van der Waals surface area contributed by atoms with Crippen molar-refractivity contribution in [3.05, 3.63) is 160 Å². The number of benzene rings is 6. The van der Waals surface area contributed by atoms with Crippen molar-refractivity contribution < 1.29 is 117 Å². The maximum absolute atomic E-state index is 15.1. The maximum Gasteiger partial charge on any atom is 0.296 e. The van der Waals surface area contributed by atoms with Crippen LogP contribution in [-0.2, 0) is 81.1 Å². The van der Waals surface area contributed by atoms with Gasteiger partial charge in [0.15, 0.2) is 17.3 Å². The van der Waals surface area contributed by atoms with Crippen LogP contribution in [0.15, 0.2) is 140 Å². The molecule has 0 saturated heterocycles. The van der Waals surface area contributed by atoms with Gasteiger partial charge in [-0.2, -0.15) is 16.8 Å². The van der Waals surface area contributed by atoms with Gasteiger partial charge < -0.3 is 35.3 Å². The van der Waals surface area contributed by atoms with Gasteiger partial charge in [0.05, 0.1) is 85.9 Å². The predicted molar refractivity (Wildman–Crippen MR) is 271 cm³/mol. The number of pyridine rings is 1. The van der Waals surface area contributed by atoms with E-state index in [4.69, 9.17) is 23.2 Å². The summed E-state index contributed by atoms with van der Waals surface area (Å²) in [5.41, 5.74) is -0.149. The van der Waals surface area contributed by atoms with Crippen molar-refractivity contribution >= 4 is 102 Å². The van der Waals surface area contributed by atoms with Gasteiger partial charge in [0, 0.05) is 77.9 Å². The Labute approximate surface area is 472 Å². The molecule has 31 heteroatoms. The number of hydrogen-bond acceptors (Lipinski definition) is 25. The van der Waals surface area contributed by atoms with Crippen LogP contribution in [0.4, 0.5) is 23.0 Å². The summed E-state index contributed by atoms with van der Waals surface area (Å²) in [5, 5.41) is 44.5. The SMILES string of the molecule is CS(=O)(=O)O.Cc1n[c-]nc(Nc2cc(Nc3cc(Oc4ccc(-c5ccccc5)cc4SOOO)c4[nH]c(=O)c(C(=O)c5cccc(SOOO)c5)c5c4c3C(=O)c3ccccc3-5)c(SOOO)cc2S(=O)(=O)O)n1.[Y]. The van der Waals surface area contributed by atoms with E-state index in [1.165, 1.54) is 43.3 Å². The number of aryl methyl sites for hydroxylation is 1. The number of hydrogen-bond donors (Lipinski definition) is 8. The van der Waals surface area contributed by atoms with Gasteiger partial charge in [-0.15, -0.1) is 13.0 Å². The maximum atomic E-state index is 15.1. The van der Waals surface area contributed by atoms with Crippen LogP contribution in [-0.4, -0.2) is 79.5 Å². The molecule has 2 aromatic heterocycles. The third-order valence-electron chi connectivity index (χ3n) is 10.5. The van der Waals surface area contributed by atoms with Gasteiger partial charge in [-0.05, 0) is 53.1 Å². The van der Waals surface area contributed by atoms with Gasteiger partial charge in [-0.3, -0.25) is 23.5 Å². The number of rotatable bonds is 19. The summed E-state index contributed by atoms with van der Waals surface area (Å²) in [4.78, 5) is 58.8. The molecule has 25 nitrogen and oxygen atoms in total. The fourth-order valence-corrected chi connectivity index (χ4v) is 9.76. The number of carbonyl (C=O) groups excluding carboxylic acids is 2. The van der Waals surface area contributed by atoms with Gasteiger partial charge in [0.25, 0.3) is 25.8 Å². The van der Waals surface area contributed by atoms with Crippen molar-refractivity contribution in [1.29, 1.82) is 0 Å². The third-order valence-corrected chi connectivity index (χ3v) is 13.2. The Hall–Kier alpha value is -6.11. The first kappa shape index (κ1) is 58.6. The Morgan fingerprint density at radius 1 is 0.675 bits per heavy atom. The van der Waals surface area contributed by atoms with Crippen LogP contribution in [0.3, 0.4) is 0 Å². The van der Waals surface area contributed by atoms with Crippen molar-refractivity contribution in [2.75, 3.05) is 16.9 Å². The first-order valence-corrected chi connectivity index (χ1v) is 26.5. The Kier molecular flexibility index (Phi) is 19.5. The van der Waals surface area contributed by atoms with E-state index in [9.17, 15) is 41.5 Å². The summed E-state index contributed by atoms with van der Waals surface area (Å²) in [5.74, 6) is -1.44. The number of nitrogens with zero attached hydrogens (tertiary/aromatic N) is 3. The third kappa shape index (κ3) is 14.0. The van der Waals surface area contributed by atoms with Crippen LogP contribution >= 0.6 is 36.1 Å².